The molecule has 3 aliphatic rings. The predicted molar refractivity (Wildman–Crippen MR) is 131 cm³/mol. The normalized spacial score (nSPS) is 13.4. The third-order valence-electron chi connectivity index (χ3n) is 7.16. The summed E-state index contributed by atoms with van der Waals surface area (Å²) in [5.41, 5.74) is 14.0. The molecule has 146 valence electrons. The van der Waals surface area contributed by atoms with E-state index in [2.05, 4.69) is 97.1 Å². The van der Waals surface area contributed by atoms with E-state index in [0.717, 1.165) is 12.8 Å². The van der Waals surface area contributed by atoms with Crippen molar-refractivity contribution in [2.75, 3.05) is 0 Å². The standard InChI is InChI=1S/C31H22/c1-3-14-23-20(8-1)10-5-11-21-9-2-4-15-24(21)26-19-18-25(23)30-27-16-6-12-22-13-7-17-28(29(22)27)31(26)30/h1-4,6-9,12-19H,5,10-11H2. The highest BCUT2D eigenvalue weighted by Gasteiger charge is 2.28. The van der Waals surface area contributed by atoms with Crippen LogP contribution in [0.5, 0.6) is 0 Å². The Hall–Kier alpha value is -3.64. The highest BCUT2D eigenvalue weighted by molar-refractivity contribution is 6.21. The second-order valence-electron chi connectivity index (χ2n) is 8.79. The first kappa shape index (κ1) is 17.1. The molecule has 0 amide bonds. The van der Waals surface area contributed by atoms with Gasteiger partial charge in [0.1, 0.15) is 0 Å². The van der Waals surface area contributed by atoms with Gasteiger partial charge in [0.05, 0.1) is 0 Å². The molecule has 0 saturated heterocycles. The summed E-state index contributed by atoms with van der Waals surface area (Å²) in [6, 6.07) is 36.4. The molecule has 31 heavy (non-hydrogen) atoms. The van der Waals surface area contributed by atoms with E-state index < -0.39 is 0 Å². The monoisotopic (exact) mass is 394 g/mol. The van der Waals surface area contributed by atoms with Crippen molar-refractivity contribution in [2.24, 2.45) is 0 Å². The van der Waals surface area contributed by atoms with Crippen LogP contribution in [0.15, 0.2) is 97.1 Å². The van der Waals surface area contributed by atoms with Crippen LogP contribution in [0.2, 0.25) is 0 Å². The van der Waals surface area contributed by atoms with E-state index in [1.54, 1.807) is 0 Å². The zero-order chi connectivity index (χ0) is 20.4. The Balaban J connectivity index is 1.69. The highest BCUT2D eigenvalue weighted by atomic mass is 14.3. The lowest BCUT2D eigenvalue weighted by Crippen LogP contribution is -1.93. The minimum atomic E-state index is 1.11. The van der Waals surface area contributed by atoms with E-state index in [1.807, 2.05) is 0 Å². The van der Waals surface area contributed by atoms with Gasteiger partial charge < -0.3 is 0 Å². The Morgan fingerprint density at radius 2 is 0.871 bits per heavy atom. The van der Waals surface area contributed by atoms with Crippen LogP contribution in [0, 0.1) is 0 Å². The molecule has 0 aromatic heterocycles. The average molecular weight is 395 g/mol. The van der Waals surface area contributed by atoms with Crippen molar-refractivity contribution >= 4 is 10.8 Å². The Morgan fingerprint density at radius 3 is 1.42 bits per heavy atom. The minimum Gasteiger partial charge on any atom is -0.0620 e. The van der Waals surface area contributed by atoms with Gasteiger partial charge in [0.25, 0.3) is 0 Å². The Bertz CT molecular complexity index is 1390. The third-order valence-corrected chi connectivity index (χ3v) is 7.16. The summed E-state index contributed by atoms with van der Waals surface area (Å²) < 4.78 is 0. The zero-order valence-electron chi connectivity index (χ0n) is 17.4. The van der Waals surface area contributed by atoms with E-state index in [0.29, 0.717) is 0 Å². The minimum absolute atomic E-state index is 1.11. The molecule has 0 aliphatic heterocycles. The molecule has 2 bridgehead atoms. The van der Waals surface area contributed by atoms with Gasteiger partial charge in [0, 0.05) is 0 Å². The van der Waals surface area contributed by atoms with Gasteiger partial charge in [0.2, 0.25) is 0 Å². The molecule has 0 unspecified atom stereocenters. The van der Waals surface area contributed by atoms with E-state index in [-0.39, 0.29) is 0 Å². The van der Waals surface area contributed by atoms with Crippen LogP contribution in [-0.4, -0.2) is 0 Å². The van der Waals surface area contributed by atoms with Gasteiger partial charge in [-0.3, -0.25) is 0 Å². The Labute approximate surface area is 182 Å². The van der Waals surface area contributed by atoms with Crippen LogP contribution in [-0.2, 0) is 12.8 Å². The van der Waals surface area contributed by atoms with Crippen molar-refractivity contribution in [2.45, 2.75) is 19.3 Å². The van der Waals surface area contributed by atoms with Gasteiger partial charge in [-0.05, 0) is 85.7 Å². The summed E-state index contributed by atoms with van der Waals surface area (Å²) in [7, 11) is 0. The number of benzene rings is 5. The molecular weight excluding hydrogens is 372 g/mol. The largest absolute Gasteiger partial charge is 0.0620 e. The number of fused-ring (bicyclic) bond motifs is 3. The summed E-state index contributed by atoms with van der Waals surface area (Å²) in [5.74, 6) is 0. The zero-order valence-corrected chi connectivity index (χ0v) is 17.4. The molecule has 0 radical (unpaired) electrons. The summed E-state index contributed by atoms with van der Waals surface area (Å²) in [6.45, 7) is 0. The van der Waals surface area contributed by atoms with Gasteiger partial charge in [-0.25, -0.2) is 0 Å². The molecule has 0 spiro atoms. The molecule has 0 fully saturated rings. The van der Waals surface area contributed by atoms with Crippen molar-refractivity contribution in [3.63, 3.8) is 0 Å². The van der Waals surface area contributed by atoms with Crippen LogP contribution in [0.4, 0.5) is 0 Å². The smallest absolute Gasteiger partial charge is 0.00138 e. The van der Waals surface area contributed by atoms with Crippen molar-refractivity contribution in [3.8, 4) is 44.5 Å². The van der Waals surface area contributed by atoms with Crippen molar-refractivity contribution in [3.05, 3.63) is 108 Å². The summed E-state index contributed by atoms with van der Waals surface area (Å²) in [4.78, 5) is 0. The first-order valence-electron chi connectivity index (χ1n) is 11.3. The summed E-state index contributed by atoms with van der Waals surface area (Å²) in [6.07, 6.45) is 3.39. The number of hydrogen-bond donors (Lipinski definition) is 0. The molecule has 3 aliphatic carbocycles. The van der Waals surface area contributed by atoms with E-state index >= 15 is 0 Å². The topological polar surface area (TPSA) is 0 Å². The number of rotatable bonds is 0. The maximum atomic E-state index is 2.37. The maximum Gasteiger partial charge on any atom is -0.00138 e. The molecular formula is C31H22. The van der Waals surface area contributed by atoms with Crippen molar-refractivity contribution < 1.29 is 0 Å². The first-order chi connectivity index (χ1) is 15.4. The fourth-order valence-corrected chi connectivity index (χ4v) is 5.84. The molecule has 0 heteroatoms. The molecule has 0 saturated carbocycles. The van der Waals surface area contributed by atoms with Crippen molar-refractivity contribution in [1.29, 1.82) is 0 Å². The molecule has 0 nitrogen and oxygen atoms in total. The lowest BCUT2D eigenvalue weighted by Gasteiger charge is -2.17. The van der Waals surface area contributed by atoms with Crippen LogP contribution in [0.1, 0.15) is 17.5 Å². The second kappa shape index (κ2) is 6.43. The van der Waals surface area contributed by atoms with Gasteiger partial charge in [0.15, 0.2) is 0 Å². The second-order valence-corrected chi connectivity index (χ2v) is 8.79. The fraction of sp³-hybridized carbons (Fsp3) is 0.0968. The van der Waals surface area contributed by atoms with Gasteiger partial charge in [-0.2, -0.15) is 0 Å². The van der Waals surface area contributed by atoms with Gasteiger partial charge in [-0.15, -0.1) is 0 Å². The van der Waals surface area contributed by atoms with E-state index in [9.17, 15) is 0 Å². The van der Waals surface area contributed by atoms with Crippen molar-refractivity contribution in [1.82, 2.24) is 0 Å². The van der Waals surface area contributed by atoms with Crippen LogP contribution in [0.25, 0.3) is 55.3 Å². The van der Waals surface area contributed by atoms with E-state index in [1.165, 1.54) is 72.8 Å². The third kappa shape index (κ3) is 2.36. The molecule has 8 rings (SSSR count). The molecule has 0 heterocycles. The SMILES string of the molecule is c1ccc2c(c1)CCCc1ccccc1-c1ccc-2c2c1-c1cccc3cccc-2c13. The van der Waals surface area contributed by atoms with Crippen LogP contribution < -0.4 is 0 Å². The number of hydrogen-bond acceptors (Lipinski definition) is 0. The Kier molecular flexibility index (Phi) is 3.54. The summed E-state index contributed by atoms with van der Waals surface area (Å²) >= 11 is 0. The maximum absolute atomic E-state index is 2.37. The van der Waals surface area contributed by atoms with Gasteiger partial charge in [-0.1, -0.05) is 97.1 Å². The number of aryl methyl sites for hydroxylation is 2. The lowest BCUT2D eigenvalue weighted by molar-refractivity contribution is 0.823. The lowest BCUT2D eigenvalue weighted by atomic mass is 9.86. The van der Waals surface area contributed by atoms with Gasteiger partial charge >= 0.3 is 0 Å². The van der Waals surface area contributed by atoms with Crippen LogP contribution >= 0.6 is 0 Å². The highest BCUT2D eigenvalue weighted by Crippen LogP contribution is 2.55. The van der Waals surface area contributed by atoms with E-state index in [4.69, 9.17) is 0 Å². The summed E-state index contributed by atoms with van der Waals surface area (Å²) in [5, 5.41) is 2.73. The molecule has 0 atom stereocenters. The molecule has 5 aromatic carbocycles. The molecule has 0 N–H and O–H groups in total. The first-order valence-corrected chi connectivity index (χ1v) is 11.3. The van der Waals surface area contributed by atoms with Crippen LogP contribution in [0.3, 0.4) is 0 Å². The quantitative estimate of drug-likeness (QED) is 0.243. The average Bonchev–Trinajstić information content (AvgIpc) is 3.14. The predicted octanol–water partition coefficient (Wildman–Crippen LogP) is 8.31. The Morgan fingerprint density at radius 1 is 0.387 bits per heavy atom. The fourth-order valence-electron chi connectivity index (χ4n) is 5.84. The molecule has 5 aromatic rings.